The number of carboxylic acids is 1. The second-order valence-corrected chi connectivity index (χ2v) is 6.52. The third-order valence-electron chi connectivity index (χ3n) is 4.54. The molecule has 2 amide bonds. The van der Waals surface area contributed by atoms with Crippen molar-refractivity contribution in [3.63, 3.8) is 0 Å². The quantitative estimate of drug-likeness (QED) is 0.834. The maximum atomic E-state index is 13.1. The molecule has 154 valence electrons. The van der Waals surface area contributed by atoms with Crippen LogP contribution in [0.25, 0.3) is 0 Å². The van der Waals surface area contributed by atoms with Gasteiger partial charge in [0.15, 0.2) is 0 Å². The van der Waals surface area contributed by atoms with Crippen molar-refractivity contribution in [2.45, 2.75) is 12.7 Å². The molecule has 29 heavy (non-hydrogen) atoms. The van der Waals surface area contributed by atoms with Gasteiger partial charge in [-0.2, -0.15) is 13.2 Å². The summed E-state index contributed by atoms with van der Waals surface area (Å²) in [6.45, 7) is 1.39. The summed E-state index contributed by atoms with van der Waals surface area (Å²) < 4.78 is 44.7. The summed E-state index contributed by atoms with van der Waals surface area (Å²) in [6, 6.07) is 10.0. The molecular formula is C20H19F3N2O4. The fraction of sp³-hybridized carbons (Fsp3) is 0.300. The number of benzene rings is 2. The zero-order valence-corrected chi connectivity index (χ0v) is 15.4. The van der Waals surface area contributed by atoms with Gasteiger partial charge < -0.3 is 14.7 Å². The Hall–Kier alpha value is -3.07. The van der Waals surface area contributed by atoms with Crippen molar-refractivity contribution in [1.82, 2.24) is 4.90 Å². The van der Waals surface area contributed by atoms with Gasteiger partial charge >= 0.3 is 18.2 Å². The van der Waals surface area contributed by atoms with Crippen molar-refractivity contribution in [2.24, 2.45) is 0 Å². The van der Waals surface area contributed by atoms with Crippen LogP contribution < -0.4 is 4.90 Å². The minimum absolute atomic E-state index is 0.00258. The molecular weight excluding hydrogens is 389 g/mol. The Morgan fingerprint density at radius 1 is 1.07 bits per heavy atom. The summed E-state index contributed by atoms with van der Waals surface area (Å²) in [5, 5.41) is 9.01. The third kappa shape index (κ3) is 5.05. The Kier molecular flexibility index (Phi) is 6.07. The molecule has 2 aromatic carbocycles. The lowest BCUT2D eigenvalue weighted by atomic mass is 10.1. The van der Waals surface area contributed by atoms with E-state index in [9.17, 15) is 22.8 Å². The second kappa shape index (κ2) is 8.52. The van der Waals surface area contributed by atoms with Gasteiger partial charge in [0, 0.05) is 18.8 Å². The van der Waals surface area contributed by atoms with Crippen molar-refractivity contribution in [1.29, 1.82) is 0 Å². The number of ether oxygens (including phenoxy) is 1. The van der Waals surface area contributed by atoms with Gasteiger partial charge in [0.2, 0.25) is 0 Å². The normalized spacial score (nSPS) is 14.5. The molecule has 0 radical (unpaired) electrons. The molecule has 1 aliphatic rings. The Bertz CT molecular complexity index is 878. The highest BCUT2D eigenvalue weighted by atomic mass is 19.4. The van der Waals surface area contributed by atoms with E-state index < -0.39 is 23.7 Å². The van der Waals surface area contributed by atoms with E-state index in [0.717, 1.165) is 12.1 Å². The van der Waals surface area contributed by atoms with E-state index >= 15 is 0 Å². The number of morpholine rings is 1. The summed E-state index contributed by atoms with van der Waals surface area (Å²) in [5.74, 6) is -1.09. The number of hydrogen-bond donors (Lipinski definition) is 1. The minimum Gasteiger partial charge on any atom is -0.478 e. The predicted octanol–water partition coefficient (Wildman–Crippen LogP) is 3.86. The van der Waals surface area contributed by atoms with Crippen LogP contribution in [0.3, 0.4) is 0 Å². The number of aromatic carboxylic acids is 1. The van der Waals surface area contributed by atoms with Crippen LogP contribution in [0.5, 0.6) is 0 Å². The number of amides is 2. The van der Waals surface area contributed by atoms with Crippen LogP contribution in [0.1, 0.15) is 21.5 Å². The van der Waals surface area contributed by atoms with Gasteiger partial charge in [0.25, 0.3) is 0 Å². The predicted molar refractivity (Wildman–Crippen MR) is 98.8 cm³/mol. The van der Waals surface area contributed by atoms with Crippen LogP contribution in [0.4, 0.5) is 23.7 Å². The van der Waals surface area contributed by atoms with Crippen molar-refractivity contribution in [2.75, 3.05) is 31.2 Å². The van der Waals surface area contributed by atoms with E-state index in [4.69, 9.17) is 9.84 Å². The number of nitrogens with zero attached hydrogens (tertiary/aromatic N) is 2. The molecule has 1 N–H and O–H groups in total. The van der Waals surface area contributed by atoms with E-state index in [0.29, 0.717) is 31.9 Å². The fourth-order valence-electron chi connectivity index (χ4n) is 2.98. The number of carbonyl (C=O) groups is 2. The number of rotatable bonds is 4. The average molecular weight is 408 g/mol. The molecule has 9 heteroatoms. The molecule has 0 saturated carbocycles. The number of halogens is 3. The van der Waals surface area contributed by atoms with Crippen LogP contribution in [0.2, 0.25) is 0 Å². The van der Waals surface area contributed by atoms with E-state index in [2.05, 4.69) is 0 Å². The standard InChI is InChI=1S/C20H19F3N2O4/c21-20(22,23)16-2-1-3-17(12-16)25(19(28)24-8-10-29-11-9-24)13-14-4-6-15(7-5-14)18(26)27/h1-7,12H,8-11,13H2,(H,26,27). The highest BCUT2D eigenvalue weighted by Gasteiger charge is 2.32. The third-order valence-corrected chi connectivity index (χ3v) is 4.54. The fourth-order valence-corrected chi connectivity index (χ4v) is 2.98. The first kappa shape index (κ1) is 20.7. The molecule has 1 aliphatic heterocycles. The smallest absolute Gasteiger partial charge is 0.416 e. The molecule has 0 atom stereocenters. The largest absolute Gasteiger partial charge is 0.478 e. The van der Waals surface area contributed by atoms with Crippen molar-refractivity contribution in [3.05, 3.63) is 65.2 Å². The molecule has 1 fully saturated rings. The van der Waals surface area contributed by atoms with E-state index in [1.165, 1.54) is 46.2 Å². The van der Waals surface area contributed by atoms with Gasteiger partial charge in [0.05, 0.1) is 30.9 Å². The minimum atomic E-state index is -4.53. The lowest BCUT2D eigenvalue weighted by Crippen LogP contribution is -2.48. The molecule has 2 aromatic rings. The summed E-state index contributed by atoms with van der Waals surface area (Å²) >= 11 is 0. The Balaban J connectivity index is 1.93. The summed E-state index contributed by atoms with van der Waals surface area (Å²) in [6.07, 6.45) is -4.53. The molecule has 0 aliphatic carbocycles. The van der Waals surface area contributed by atoms with Gasteiger partial charge in [-0.05, 0) is 35.9 Å². The van der Waals surface area contributed by atoms with Crippen molar-refractivity contribution < 1.29 is 32.6 Å². The summed E-state index contributed by atoms with van der Waals surface area (Å²) in [5.41, 5.74) is -0.0671. The molecule has 1 heterocycles. The lowest BCUT2D eigenvalue weighted by Gasteiger charge is -2.33. The van der Waals surface area contributed by atoms with Crippen LogP contribution in [0, 0.1) is 0 Å². The Morgan fingerprint density at radius 2 is 1.72 bits per heavy atom. The Labute approximate surface area is 165 Å². The number of alkyl halides is 3. The van der Waals surface area contributed by atoms with Gasteiger partial charge in [0.1, 0.15) is 0 Å². The molecule has 0 aromatic heterocycles. The Morgan fingerprint density at radius 3 is 2.31 bits per heavy atom. The molecule has 0 spiro atoms. The lowest BCUT2D eigenvalue weighted by molar-refractivity contribution is -0.137. The van der Waals surface area contributed by atoms with Crippen molar-refractivity contribution >= 4 is 17.7 Å². The van der Waals surface area contributed by atoms with E-state index in [1.807, 2.05) is 0 Å². The van der Waals surface area contributed by atoms with Crippen LogP contribution in [0.15, 0.2) is 48.5 Å². The SMILES string of the molecule is O=C(O)c1ccc(CN(C(=O)N2CCOCC2)c2cccc(C(F)(F)F)c2)cc1. The number of anilines is 1. The molecule has 6 nitrogen and oxygen atoms in total. The number of urea groups is 1. The molecule has 0 bridgehead atoms. The number of hydrogen-bond acceptors (Lipinski definition) is 3. The molecule has 0 unspecified atom stereocenters. The van der Waals surface area contributed by atoms with Gasteiger partial charge in [-0.3, -0.25) is 4.90 Å². The van der Waals surface area contributed by atoms with Gasteiger partial charge in [-0.1, -0.05) is 18.2 Å². The van der Waals surface area contributed by atoms with Gasteiger partial charge in [-0.15, -0.1) is 0 Å². The number of carbonyl (C=O) groups excluding carboxylic acids is 1. The molecule has 1 saturated heterocycles. The molecule has 3 rings (SSSR count). The van der Waals surface area contributed by atoms with E-state index in [-0.39, 0.29) is 17.8 Å². The van der Waals surface area contributed by atoms with E-state index in [1.54, 1.807) is 0 Å². The first-order chi connectivity index (χ1) is 13.8. The van der Waals surface area contributed by atoms with Gasteiger partial charge in [-0.25, -0.2) is 9.59 Å². The highest BCUT2D eigenvalue weighted by Crippen LogP contribution is 2.32. The average Bonchev–Trinajstić information content (AvgIpc) is 2.72. The monoisotopic (exact) mass is 408 g/mol. The number of carboxylic acid groups (broad SMARTS) is 1. The topological polar surface area (TPSA) is 70.1 Å². The zero-order valence-electron chi connectivity index (χ0n) is 15.4. The first-order valence-corrected chi connectivity index (χ1v) is 8.89. The maximum absolute atomic E-state index is 13.1. The second-order valence-electron chi connectivity index (χ2n) is 6.52. The highest BCUT2D eigenvalue weighted by molar-refractivity contribution is 5.92. The van der Waals surface area contributed by atoms with Crippen LogP contribution >= 0.6 is 0 Å². The maximum Gasteiger partial charge on any atom is 0.416 e. The van der Waals surface area contributed by atoms with Crippen LogP contribution in [-0.2, 0) is 17.5 Å². The summed E-state index contributed by atoms with van der Waals surface area (Å²) in [4.78, 5) is 26.9. The zero-order chi connectivity index (χ0) is 21.0. The first-order valence-electron chi connectivity index (χ1n) is 8.89. The van der Waals surface area contributed by atoms with Crippen molar-refractivity contribution in [3.8, 4) is 0 Å². The summed E-state index contributed by atoms with van der Waals surface area (Å²) in [7, 11) is 0. The van der Waals surface area contributed by atoms with Crippen LogP contribution in [-0.4, -0.2) is 48.3 Å².